The zero-order valence-corrected chi connectivity index (χ0v) is 12.6. The lowest BCUT2D eigenvalue weighted by molar-refractivity contribution is -0.232. The molecule has 4 atom stereocenters. The quantitative estimate of drug-likeness (QED) is 0.380. The van der Waals surface area contributed by atoms with Crippen LogP contribution in [-0.2, 0) is 14.2 Å². The molecule has 0 aliphatic heterocycles. The van der Waals surface area contributed by atoms with Gasteiger partial charge in [-0.3, -0.25) is 0 Å². The summed E-state index contributed by atoms with van der Waals surface area (Å²) in [7, 11) is 0. The number of hydrogen-bond donors (Lipinski definition) is 0. The maximum Gasteiger partial charge on any atom is 0.159 e. The molecule has 80 valence electrons. The van der Waals surface area contributed by atoms with E-state index in [0.717, 1.165) is 0 Å². The molecule has 0 aromatic rings. The van der Waals surface area contributed by atoms with Gasteiger partial charge in [0, 0.05) is 0 Å². The van der Waals surface area contributed by atoms with Crippen LogP contribution in [0.15, 0.2) is 0 Å². The summed E-state index contributed by atoms with van der Waals surface area (Å²) >= 11 is 4.37. The summed E-state index contributed by atoms with van der Waals surface area (Å²) in [6, 6.07) is 0. The number of ether oxygens (including phenoxy) is 3. The Balaban J connectivity index is 3.58. The van der Waals surface area contributed by atoms with E-state index in [4.69, 9.17) is 14.2 Å². The van der Waals surface area contributed by atoms with E-state index >= 15 is 0 Å². The smallest absolute Gasteiger partial charge is 0.159 e. The van der Waals surface area contributed by atoms with Crippen LogP contribution >= 0.6 is 45.2 Å². The highest BCUT2D eigenvalue weighted by atomic mass is 127. The molecule has 0 radical (unpaired) electrons. The summed E-state index contributed by atoms with van der Waals surface area (Å²) in [5.74, 6) is 0. The molecule has 5 heteroatoms. The Labute approximate surface area is 107 Å². The summed E-state index contributed by atoms with van der Waals surface area (Å²) in [5.41, 5.74) is 0. The summed E-state index contributed by atoms with van der Waals surface area (Å²) in [4.78, 5) is 0. The lowest BCUT2D eigenvalue weighted by Crippen LogP contribution is -2.25. The second-order valence-electron chi connectivity index (χ2n) is 2.63. The molecule has 0 spiro atoms. The second-order valence-corrected chi connectivity index (χ2v) is 6.14. The van der Waals surface area contributed by atoms with Crippen molar-refractivity contribution in [1.82, 2.24) is 0 Å². The topological polar surface area (TPSA) is 27.7 Å². The van der Waals surface area contributed by atoms with Crippen molar-refractivity contribution in [3.8, 4) is 0 Å². The Morgan fingerprint density at radius 3 is 1.23 bits per heavy atom. The standard InChI is InChI=1S/C8H16I2O3/c1-5(9)11-7(3)13-8(4)12-6(2)10/h5-8H,1-4H3. The number of alkyl halides is 2. The SMILES string of the molecule is CC(I)OC(C)OC(C)OC(C)I. The molecule has 0 aliphatic carbocycles. The first kappa shape index (κ1) is 14.3. The first-order chi connectivity index (χ1) is 5.91. The van der Waals surface area contributed by atoms with Gasteiger partial charge in [-0.25, -0.2) is 0 Å². The molecule has 0 aromatic heterocycles. The maximum absolute atomic E-state index is 5.42. The molecule has 3 nitrogen and oxygen atoms in total. The Hall–Kier alpha value is 1.34. The average molecular weight is 414 g/mol. The molecule has 13 heavy (non-hydrogen) atoms. The molecule has 0 N–H and O–H groups in total. The molecule has 0 saturated heterocycles. The van der Waals surface area contributed by atoms with E-state index < -0.39 is 0 Å². The van der Waals surface area contributed by atoms with E-state index in [1.54, 1.807) is 0 Å². The van der Waals surface area contributed by atoms with E-state index in [9.17, 15) is 0 Å². The lowest BCUT2D eigenvalue weighted by Gasteiger charge is -2.21. The van der Waals surface area contributed by atoms with Crippen LogP contribution in [0.4, 0.5) is 0 Å². The van der Waals surface area contributed by atoms with E-state index in [-0.39, 0.29) is 20.8 Å². The highest BCUT2D eigenvalue weighted by Gasteiger charge is 2.12. The first-order valence-electron chi connectivity index (χ1n) is 4.16. The van der Waals surface area contributed by atoms with E-state index in [1.807, 2.05) is 27.7 Å². The molecule has 0 aliphatic rings. The summed E-state index contributed by atoms with van der Waals surface area (Å²) < 4.78 is 16.5. The normalized spacial score (nSPS) is 20.8. The van der Waals surface area contributed by atoms with E-state index in [2.05, 4.69) is 45.2 Å². The first-order valence-corrected chi connectivity index (χ1v) is 6.65. The van der Waals surface area contributed by atoms with Gasteiger partial charge in [0.25, 0.3) is 0 Å². The average Bonchev–Trinajstić information content (AvgIpc) is 1.80. The molecule has 0 bridgehead atoms. The molecule has 0 amide bonds. The minimum Gasteiger partial charge on any atom is -0.340 e. The highest BCUT2D eigenvalue weighted by molar-refractivity contribution is 14.1. The Morgan fingerprint density at radius 2 is 1.00 bits per heavy atom. The van der Waals surface area contributed by atoms with Crippen molar-refractivity contribution in [3.63, 3.8) is 0 Å². The van der Waals surface area contributed by atoms with Gasteiger partial charge in [0.15, 0.2) is 12.6 Å². The van der Waals surface area contributed by atoms with Crippen LogP contribution < -0.4 is 0 Å². The molecule has 0 heterocycles. The molecule has 0 aromatic carbocycles. The fourth-order valence-corrected chi connectivity index (χ4v) is 1.69. The molecule has 0 saturated carbocycles. The van der Waals surface area contributed by atoms with Crippen LogP contribution in [0.5, 0.6) is 0 Å². The van der Waals surface area contributed by atoms with Crippen LogP contribution in [0.2, 0.25) is 0 Å². The predicted molar refractivity (Wildman–Crippen MR) is 69.1 cm³/mol. The largest absolute Gasteiger partial charge is 0.340 e. The van der Waals surface area contributed by atoms with Crippen LogP contribution in [0.3, 0.4) is 0 Å². The van der Waals surface area contributed by atoms with Gasteiger partial charge in [0.1, 0.15) is 8.22 Å². The Kier molecular flexibility index (Phi) is 8.39. The van der Waals surface area contributed by atoms with Crippen molar-refractivity contribution in [1.29, 1.82) is 0 Å². The van der Waals surface area contributed by atoms with E-state index in [0.29, 0.717) is 0 Å². The van der Waals surface area contributed by atoms with Crippen LogP contribution in [0.25, 0.3) is 0 Å². The lowest BCUT2D eigenvalue weighted by atomic mass is 10.6. The van der Waals surface area contributed by atoms with Crippen LogP contribution in [0, 0.1) is 0 Å². The molecule has 4 unspecified atom stereocenters. The van der Waals surface area contributed by atoms with Crippen molar-refractivity contribution in [2.45, 2.75) is 48.5 Å². The van der Waals surface area contributed by atoms with Crippen LogP contribution in [-0.4, -0.2) is 20.8 Å². The van der Waals surface area contributed by atoms with E-state index in [1.165, 1.54) is 0 Å². The summed E-state index contributed by atoms with van der Waals surface area (Å²) in [5, 5.41) is 0. The van der Waals surface area contributed by atoms with Gasteiger partial charge in [0.05, 0.1) is 0 Å². The second kappa shape index (κ2) is 7.61. The Bertz CT molecular complexity index is 117. The van der Waals surface area contributed by atoms with Crippen molar-refractivity contribution >= 4 is 45.2 Å². The third-order valence-corrected chi connectivity index (χ3v) is 1.73. The zero-order valence-electron chi connectivity index (χ0n) is 8.29. The zero-order chi connectivity index (χ0) is 10.4. The molecular formula is C8H16I2O3. The predicted octanol–water partition coefficient (Wildman–Crippen LogP) is 3.29. The number of halogens is 2. The summed E-state index contributed by atoms with van der Waals surface area (Å²) in [6.45, 7) is 7.67. The number of hydrogen-bond acceptors (Lipinski definition) is 3. The van der Waals surface area contributed by atoms with Gasteiger partial charge in [-0.1, -0.05) is 45.2 Å². The Morgan fingerprint density at radius 1 is 0.692 bits per heavy atom. The summed E-state index contributed by atoms with van der Waals surface area (Å²) in [6.07, 6.45) is -0.450. The minimum absolute atomic E-state index is 0.150. The van der Waals surface area contributed by atoms with Crippen molar-refractivity contribution in [3.05, 3.63) is 0 Å². The van der Waals surface area contributed by atoms with Gasteiger partial charge in [-0.15, -0.1) is 0 Å². The van der Waals surface area contributed by atoms with Gasteiger partial charge in [0.2, 0.25) is 0 Å². The van der Waals surface area contributed by atoms with Crippen LogP contribution in [0.1, 0.15) is 27.7 Å². The molecular weight excluding hydrogens is 398 g/mol. The van der Waals surface area contributed by atoms with Gasteiger partial charge in [-0.05, 0) is 27.7 Å². The third kappa shape index (κ3) is 9.64. The van der Waals surface area contributed by atoms with Gasteiger partial charge >= 0.3 is 0 Å². The van der Waals surface area contributed by atoms with Gasteiger partial charge in [-0.2, -0.15) is 0 Å². The van der Waals surface area contributed by atoms with Gasteiger partial charge < -0.3 is 14.2 Å². The maximum atomic E-state index is 5.42. The minimum atomic E-state index is -0.225. The third-order valence-electron chi connectivity index (χ3n) is 1.14. The van der Waals surface area contributed by atoms with Crippen molar-refractivity contribution < 1.29 is 14.2 Å². The fourth-order valence-electron chi connectivity index (χ4n) is 0.862. The highest BCUT2D eigenvalue weighted by Crippen LogP contribution is 2.11. The van der Waals surface area contributed by atoms with Crippen molar-refractivity contribution in [2.24, 2.45) is 0 Å². The molecule has 0 rings (SSSR count). The fraction of sp³-hybridized carbons (Fsp3) is 1.00. The number of rotatable bonds is 6. The van der Waals surface area contributed by atoms with Crippen molar-refractivity contribution in [2.75, 3.05) is 0 Å². The monoisotopic (exact) mass is 414 g/mol. The molecule has 0 fully saturated rings.